The highest BCUT2D eigenvalue weighted by Gasteiger charge is 2.26. The van der Waals surface area contributed by atoms with Gasteiger partial charge in [0.2, 0.25) is 0 Å². The summed E-state index contributed by atoms with van der Waals surface area (Å²) in [6, 6.07) is 5.69. The van der Waals surface area contributed by atoms with Gasteiger partial charge < -0.3 is 5.73 Å². The highest BCUT2D eigenvalue weighted by Crippen LogP contribution is 2.43. The van der Waals surface area contributed by atoms with Crippen LogP contribution in [0.4, 0.5) is 11.5 Å². The van der Waals surface area contributed by atoms with Gasteiger partial charge in [0, 0.05) is 17.7 Å². The van der Waals surface area contributed by atoms with Gasteiger partial charge in [-0.3, -0.25) is 15.2 Å². The molecule has 3 N–H and O–H groups in total. The van der Waals surface area contributed by atoms with Gasteiger partial charge in [-0.1, -0.05) is 6.92 Å². The second-order valence-electron chi connectivity index (χ2n) is 4.79. The van der Waals surface area contributed by atoms with Crippen molar-refractivity contribution < 1.29 is 13.3 Å². The minimum Gasteiger partial charge on any atom is -0.384 e. The first-order valence-electron chi connectivity index (χ1n) is 6.59. The molecule has 3 aromatic rings. The molecule has 3 rings (SSSR count). The van der Waals surface area contributed by atoms with Crippen LogP contribution in [0.5, 0.6) is 0 Å². The lowest BCUT2D eigenvalue weighted by Gasteiger charge is -2.05. The van der Waals surface area contributed by atoms with Gasteiger partial charge in [-0.25, -0.2) is 8.42 Å². The van der Waals surface area contributed by atoms with Crippen molar-refractivity contribution >= 4 is 42.9 Å². The highest BCUT2D eigenvalue weighted by molar-refractivity contribution is 7.93. The Morgan fingerprint density at radius 2 is 2.00 bits per heavy atom. The maximum Gasteiger partial charge on any atom is 0.269 e. The van der Waals surface area contributed by atoms with Crippen LogP contribution in [0, 0.1) is 10.1 Å². The standard InChI is InChI=1S/C13H12N4O4S2/c1-2-23(20,21)13-9(10-11(14)15-16-12(10)22-13)7-3-5-8(6-4-7)17(18)19/h3-6H,2H2,1H3,(H3,14,15,16). The molecule has 2 aromatic heterocycles. The molecule has 8 nitrogen and oxygen atoms in total. The van der Waals surface area contributed by atoms with Crippen LogP contribution in [-0.2, 0) is 9.84 Å². The van der Waals surface area contributed by atoms with Gasteiger partial charge in [0.05, 0.1) is 16.1 Å². The van der Waals surface area contributed by atoms with Crippen LogP contribution in [0.1, 0.15) is 6.92 Å². The molecular formula is C13H12N4O4S2. The summed E-state index contributed by atoms with van der Waals surface area (Å²) in [4.78, 5) is 10.8. The molecular weight excluding hydrogens is 340 g/mol. The van der Waals surface area contributed by atoms with E-state index in [4.69, 9.17) is 5.73 Å². The molecule has 0 aliphatic rings. The molecule has 0 spiro atoms. The molecule has 0 radical (unpaired) electrons. The van der Waals surface area contributed by atoms with E-state index < -0.39 is 14.8 Å². The van der Waals surface area contributed by atoms with Crippen LogP contribution in [0.3, 0.4) is 0 Å². The Bertz CT molecular complexity index is 1000. The number of aromatic amines is 1. The number of non-ortho nitro benzene ring substituents is 1. The number of nitrogens with two attached hydrogens (primary N) is 1. The van der Waals surface area contributed by atoms with Crippen LogP contribution in [0.15, 0.2) is 28.5 Å². The third-order valence-corrected chi connectivity index (χ3v) is 6.85. The molecule has 1 aromatic carbocycles. The molecule has 0 fully saturated rings. The van der Waals surface area contributed by atoms with Gasteiger partial charge in [-0.2, -0.15) is 5.10 Å². The van der Waals surface area contributed by atoms with E-state index in [0.717, 1.165) is 11.3 Å². The van der Waals surface area contributed by atoms with E-state index in [1.165, 1.54) is 24.3 Å². The van der Waals surface area contributed by atoms with Crippen molar-refractivity contribution in [3.63, 3.8) is 0 Å². The third-order valence-electron chi connectivity index (χ3n) is 3.43. The zero-order chi connectivity index (χ0) is 16.8. The largest absolute Gasteiger partial charge is 0.384 e. The fourth-order valence-corrected chi connectivity index (χ4v) is 5.05. The van der Waals surface area contributed by atoms with Gasteiger partial charge in [0.25, 0.3) is 5.69 Å². The SMILES string of the molecule is CCS(=O)(=O)c1sc2n[nH]c(N)c2c1-c1ccc([N+](=O)[O-])cc1. The Morgan fingerprint density at radius 3 is 2.57 bits per heavy atom. The lowest BCUT2D eigenvalue weighted by molar-refractivity contribution is -0.384. The maximum absolute atomic E-state index is 12.4. The number of aromatic nitrogens is 2. The van der Waals surface area contributed by atoms with E-state index in [0.29, 0.717) is 21.3 Å². The quantitative estimate of drug-likeness (QED) is 0.548. The van der Waals surface area contributed by atoms with Crippen LogP contribution >= 0.6 is 11.3 Å². The molecule has 0 bridgehead atoms. The Labute approximate surface area is 135 Å². The minimum absolute atomic E-state index is 0.0558. The van der Waals surface area contributed by atoms with Gasteiger partial charge in [-0.05, 0) is 17.7 Å². The number of nitrogens with one attached hydrogen (secondary N) is 1. The van der Waals surface area contributed by atoms with E-state index in [1.807, 2.05) is 0 Å². The van der Waals surface area contributed by atoms with E-state index in [9.17, 15) is 18.5 Å². The van der Waals surface area contributed by atoms with Crippen molar-refractivity contribution in [1.29, 1.82) is 0 Å². The number of hydrogen-bond acceptors (Lipinski definition) is 7. The first-order chi connectivity index (χ1) is 10.8. The monoisotopic (exact) mass is 352 g/mol. The number of fused-ring (bicyclic) bond motifs is 1. The molecule has 0 saturated heterocycles. The third kappa shape index (κ3) is 2.45. The Kier molecular flexibility index (Phi) is 3.57. The molecule has 0 aliphatic carbocycles. The normalized spacial score (nSPS) is 11.9. The number of sulfone groups is 1. The van der Waals surface area contributed by atoms with Crippen molar-refractivity contribution in [1.82, 2.24) is 10.2 Å². The molecule has 0 saturated carbocycles. The minimum atomic E-state index is -3.48. The number of benzene rings is 1. The zero-order valence-corrected chi connectivity index (χ0v) is 13.6. The predicted molar refractivity (Wildman–Crippen MR) is 88.2 cm³/mol. The number of rotatable bonds is 4. The number of H-pyrrole nitrogens is 1. The molecule has 0 amide bonds. The first kappa shape index (κ1) is 15.4. The lowest BCUT2D eigenvalue weighted by Crippen LogP contribution is -2.03. The summed E-state index contributed by atoms with van der Waals surface area (Å²) >= 11 is 1.04. The summed E-state index contributed by atoms with van der Waals surface area (Å²) in [7, 11) is -3.48. The Morgan fingerprint density at radius 1 is 1.35 bits per heavy atom. The maximum atomic E-state index is 12.4. The van der Waals surface area contributed by atoms with Crippen molar-refractivity contribution in [2.24, 2.45) is 0 Å². The molecule has 10 heteroatoms. The number of hydrogen-bond donors (Lipinski definition) is 2. The second-order valence-corrected chi connectivity index (χ2v) is 8.26. The lowest BCUT2D eigenvalue weighted by atomic mass is 10.1. The molecule has 0 aliphatic heterocycles. The average Bonchev–Trinajstić information content (AvgIpc) is 3.08. The summed E-state index contributed by atoms with van der Waals surface area (Å²) in [5, 5.41) is 17.9. The van der Waals surface area contributed by atoms with Crippen molar-refractivity contribution in [2.45, 2.75) is 11.1 Å². The van der Waals surface area contributed by atoms with Crippen molar-refractivity contribution in [2.75, 3.05) is 11.5 Å². The molecule has 120 valence electrons. The van der Waals surface area contributed by atoms with E-state index >= 15 is 0 Å². The Hall–Kier alpha value is -2.46. The molecule has 0 unspecified atom stereocenters. The van der Waals surface area contributed by atoms with E-state index in [2.05, 4.69) is 10.2 Å². The number of thiophene rings is 1. The Balaban J connectivity index is 2.32. The fraction of sp³-hybridized carbons (Fsp3) is 0.154. The number of nitrogen functional groups attached to an aromatic ring is 1. The molecule has 2 heterocycles. The molecule has 23 heavy (non-hydrogen) atoms. The second kappa shape index (κ2) is 5.32. The predicted octanol–water partition coefficient (Wildman–Crippen LogP) is 2.58. The van der Waals surface area contributed by atoms with E-state index in [1.54, 1.807) is 6.92 Å². The van der Waals surface area contributed by atoms with Gasteiger partial charge >= 0.3 is 0 Å². The zero-order valence-electron chi connectivity index (χ0n) is 11.9. The summed E-state index contributed by atoms with van der Waals surface area (Å²) in [5.74, 6) is 0.210. The highest BCUT2D eigenvalue weighted by atomic mass is 32.2. The van der Waals surface area contributed by atoms with Gasteiger partial charge in [-0.15, -0.1) is 11.3 Å². The summed E-state index contributed by atoms with van der Waals surface area (Å²) in [6.07, 6.45) is 0. The van der Waals surface area contributed by atoms with Gasteiger partial charge in [0.15, 0.2) is 9.84 Å². The van der Waals surface area contributed by atoms with Crippen molar-refractivity contribution in [3.8, 4) is 11.1 Å². The summed E-state index contributed by atoms with van der Waals surface area (Å²) in [6.45, 7) is 1.56. The van der Waals surface area contributed by atoms with E-state index in [-0.39, 0.29) is 21.5 Å². The number of nitro groups is 1. The first-order valence-corrected chi connectivity index (χ1v) is 9.06. The topological polar surface area (TPSA) is 132 Å². The van der Waals surface area contributed by atoms with Crippen LogP contribution in [0.25, 0.3) is 21.3 Å². The average molecular weight is 352 g/mol. The summed E-state index contributed by atoms with van der Waals surface area (Å²) < 4.78 is 24.9. The number of nitro benzene ring substituents is 1. The van der Waals surface area contributed by atoms with Crippen LogP contribution in [0.2, 0.25) is 0 Å². The number of nitrogens with zero attached hydrogens (tertiary/aromatic N) is 2. The van der Waals surface area contributed by atoms with Gasteiger partial charge in [0.1, 0.15) is 14.9 Å². The van der Waals surface area contributed by atoms with Crippen LogP contribution in [-0.4, -0.2) is 29.3 Å². The van der Waals surface area contributed by atoms with Crippen LogP contribution < -0.4 is 5.73 Å². The molecule has 0 atom stereocenters. The fourth-order valence-electron chi connectivity index (χ4n) is 2.26. The number of anilines is 1. The summed E-state index contributed by atoms with van der Waals surface area (Å²) in [5.41, 5.74) is 6.79. The smallest absolute Gasteiger partial charge is 0.269 e. The van der Waals surface area contributed by atoms with Crippen molar-refractivity contribution in [3.05, 3.63) is 34.4 Å².